The molecule has 0 saturated carbocycles. The maximum absolute atomic E-state index is 8.85. The molecule has 0 aliphatic heterocycles. The van der Waals surface area contributed by atoms with Crippen LogP contribution in [0.5, 0.6) is 0 Å². The van der Waals surface area contributed by atoms with Gasteiger partial charge in [0.15, 0.2) is 0 Å². The number of rotatable bonds is 4. The van der Waals surface area contributed by atoms with E-state index < -0.39 is 6.10 Å². The molecule has 0 spiro atoms. The molecule has 0 aromatic carbocycles. The largest absolute Gasteiger partial charge is 0.457 e. The van der Waals surface area contributed by atoms with E-state index >= 15 is 0 Å². The van der Waals surface area contributed by atoms with Gasteiger partial charge in [0.05, 0.1) is 12.7 Å². The average molecular weight is 221 g/mol. The van der Waals surface area contributed by atoms with Crippen molar-refractivity contribution in [2.45, 2.75) is 13.0 Å². The van der Waals surface area contributed by atoms with Crippen LogP contribution in [-0.2, 0) is 32.7 Å². The molecule has 0 aliphatic rings. The van der Waals surface area contributed by atoms with Gasteiger partial charge in [-0.25, -0.2) is 0 Å². The predicted molar refractivity (Wildman–Crippen MR) is 35.7 cm³/mol. The van der Waals surface area contributed by atoms with Gasteiger partial charge in [-0.1, -0.05) is 0 Å². The maximum atomic E-state index is 8.85. The molecule has 3 nitrogen and oxygen atoms in total. The molecule has 59 valence electrons. The summed E-state index contributed by atoms with van der Waals surface area (Å²) in [5, 5.41) is 17.2. The van der Waals surface area contributed by atoms with Gasteiger partial charge in [-0.15, -0.1) is 0 Å². The zero-order valence-corrected chi connectivity index (χ0v) is 9.33. The average Bonchev–Trinajstić information content (AvgIpc) is 1.87. The zero-order chi connectivity index (χ0) is 7.28. The van der Waals surface area contributed by atoms with E-state index in [-0.39, 0.29) is 39.3 Å². The van der Waals surface area contributed by atoms with Gasteiger partial charge in [-0.05, 0) is 13.6 Å². The third-order valence-corrected chi connectivity index (χ3v) is 1.15. The summed E-state index contributed by atoms with van der Waals surface area (Å²) in [6, 6.07) is 0. The van der Waals surface area contributed by atoms with Gasteiger partial charge in [0.25, 0.3) is 0 Å². The molecule has 0 aromatic rings. The molecule has 4 heteroatoms. The SMILES string of the molecule is C[CH-]N(C)CC(O)CO.[Y]. The Hall–Kier alpha value is 0.984. The standard InChI is InChI=1S/C6H14NO2.Y/c1-3-7(2)4-6(9)5-8;/h3,6,8-9H,4-5H2,1-2H3;/q-1;. The van der Waals surface area contributed by atoms with Gasteiger partial charge in [0.1, 0.15) is 0 Å². The van der Waals surface area contributed by atoms with Gasteiger partial charge in [-0.2, -0.15) is 6.92 Å². The first-order chi connectivity index (χ1) is 4.20. The Bertz CT molecular complexity index is 64.8. The summed E-state index contributed by atoms with van der Waals surface area (Å²) in [5.41, 5.74) is 0. The van der Waals surface area contributed by atoms with Crippen molar-refractivity contribution >= 4 is 0 Å². The van der Waals surface area contributed by atoms with Crippen LogP contribution >= 0.6 is 0 Å². The Balaban J connectivity index is 0. The van der Waals surface area contributed by atoms with Crippen molar-refractivity contribution in [3.63, 3.8) is 0 Å². The van der Waals surface area contributed by atoms with Crippen LogP contribution in [0, 0.1) is 6.54 Å². The van der Waals surface area contributed by atoms with E-state index in [0.717, 1.165) is 0 Å². The molecular weight excluding hydrogens is 207 g/mol. The number of hydrogen-bond donors (Lipinski definition) is 2. The molecular formula is C6H14NO2Y-. The Morgan fingerprint density at radius 3 is 2.40 bits per heavy atom. The molecule has 1 radical (unpaired) electrons. The van der Waals surface area contributed by atoms with Crippen LogP contribution in [0.15, 0.2) is 0 Å². The van der Waals surface area contributed by atoms with E-state index in [1.54, 1.807) is 0 Å². The van der Waals surface area contributed by atoms with Gasteiger partial charge >= 0.3 is 0 Å². The molecule has 0 heterocycles. The summed E-state index contributed by atoms with van der Waals surface area (Å²) < 4.78 is 0. The number of nitrogens with zero attached hydrogens (tertiary/aromatic N) is 1. The molecule has 0 saturated heterocycles. The molecule has 2 N–H and O–H groups in total. The summed E-state index contributed by atoms with van der Waals surface area (Å²) in [6.45, 7) is 4.05. The molecule has 0 aliphatic carbocycles. The fourth-order valence-corrected chi connectivity index (χ4v) is 0.496. The number of aliphatic hydroxyl groups is 2. The minimum Gasteiger partial charge on any atom is -0.457 e. The summed E-state index contributed by atoms with van der Waals surface area (Å²) in [5.74, 6) is 0. The van der Waals surface area contributed by atoms with Gasteiger partial charge in [0, 0.05) is 32.7 Å². The van der Waals surface area contributed by atoms with E-state index in [2.05, 4.69) is 0 Å². The second kappa shape index (κ2) is 8.08. The van der Waals surface area contributed by atoms with Crippen molar-refractivity contribution in [3.8, 4) is 0 Å². The number of hydrogen-bond acceptors (Lipinski definition) is 3. The molecule has 0 rings (SSSR count). The topological polar surface area (TPSA) is 43.7 Å². The third kappa shape index (κ3) is 7.10. The first-order valence-electron chi connectivity index (χ1n) is 2.99. The first-order valence-corrected chi connectivity index (χ1v) is 2.99. The fraction of sp³-hybridized carbons (Fsp3) is 0.833. The minimum absolute atomic E-state index is 0. The van der Waals surface area contributed by atoms with E-state index in [1.165, 1.54) is 0 Å². The summed E-state index contributed by atoms with van der Waals surface area (Å²) in [6.07, 6.45) is -0.619. The van der Waals surface area contributed by atoms with Crippen molar-refractivity contribution in [3.05, 3.63) is 6.54 Å². The van der Waals surface area contributed by atoms with Gasteiger partial charge in [-0.3, -0.25) is 6.54 Å². The van der Waals surface area contributed by atoms with Gasteiger partial charge in [0.2, 0.25) is 0 Å². The van der Waals surface area contributed by atoms with E-state index in [1.807, 2.05) is 25.4 Å². The van der Waals surface area contributed by atoms with Crippen LogP contribution < -0.4 is 0 Å². The Labute approximate surface area is 87.3 Å². The molecule has 10 heavy (non-hydrogen) atoms. The van der Waals surface area contributed by atoms with Crippen LogP contribution in [0.4, 0.5) is 0 Å². The normalized spacial score (nSPS) is 12.9. The number of aliphatic hydroxyl groups excluding tert-OH is 2. The van der Waals surface area contributed by atoms with Crippen LogP contribution in [-0.4, -0.2) is 41.4 Å². The Kier molecular flexibility index (Phi) is 11.0. The van der Waals surface area contributed by atoms with Crippen LogP contribution in [0.25, 0.3) is 0 Å². The van der Waals surface area contributed by atoms with Crippen LogP contribution in [0.3, 0.4) is 0 Å². The van der Waals surface area contributed by atoms with Crippen LogP contribution in [0.1, 0.15) is 6.92 Å². The van der Waals surface area contributed by atoms with Crippen molar-refractivity contribution in [1.29, 1.82) is 0 Å². The van der Waals surface area contributed by atoms with Gasteiger partial charge < -0.3 is 15.1 Å². The smallest absolute Gasteiger partial charge is 0.0873 e. The fourth-order valence-electron chi connectivity index (χ4n) is 0.496. The van der Waals surface area contributed by atoms with E-state index in [4.69, 9.17) is 10.2 Å². The van der Waals surface area contributed by atoms with E-state index in [9.17, 15) is 0 Å². The number of likely N-dealkylation sites (N-methyl/N-ethyl adjacent to an activating group) is 1. The van der Waals surface area contributed by atoms with Crippen molar-refractivity contribution in [1.82, 2.24) is 4.90 Å². The van der Waals surface area contributed by atoms with Crippen LogP contribution in [0.2, 0.25) is 0 Å². The summed E-state index contributed by atoms with van der Waals surface area (Å²) in [7, 11) is 1.85. The van der Waals surface area contributed by atoms with Crippen molar-refractivity contribution in [2.75, 3.05) is 20.2 Å². The monoisotopic (exact) mass is 221 g/mol. The summed E-state index contributed by atoms with van der Waals surface area (Å²) >= 11 is 0. The molecule has 0 fully saturated rings. The maximum Gasteiger partial charge on any atom is 0.0873 e. The minimum atomic E-state index is -0.619. The quantitative estimate of drug-likeness (QED) is 0.626. The molecule has 0 amide bonds. The Morgan fingerprint density at radius 2 is 2.10 bits per heavy atom. The predicted octanol–water partition coefficient (Wildman–Crippen LogP) is -0.549. The van der Waals surface area contributed by atoms with Crippen molar-refractivity contribution in [2.24, 2.45) is 0 Å². The molecule has 1 unspecified atom stereocenters. The Morgan fingerprint density at radius 1 is 1.60 bits per heavy atom. The van der Waals surface area contributed by atoms with Crippen molar-refractivity contribution < 1.29 is 42.9 Å². The second-order valence-electron chi connectivity index (χ2n) is 2.03. The zero-order valence-electron chi connectivity index (χ0n) is 6.49. The molecule has 0 bridgehead atoms. The first kappa shape index (κ1) is 13.6. The summed E-state index contributed by atoms with van der Waals surface area (Å²) in [4.78, 5) is 1.82. The molecule has 1 atom stereocenters. The second-order valence-corrected chi connectivity index (χ2v) is 2.03. The molecule has 0 aromatic heterocycles. The van der Waals surface area contributed by atoms with E-state index in [0.29, 0.717) is 6.54 Å². The third-order valence-electron chi connectivity index (χ3n) is 1.15.